The van der Waals surface area contributed by atoms with Crippen molar-refractivity contribution in [3.63, 3.8) is 0 Å². The summed E-state index contributed by atoms with van der Waals surface area (Å²) in [6, 6.07) is 17.0. The second-order valence-electron chi connectivity index (χ2n) is 7.90. The minimum Gasteiger partial charge on any atom is -0.489 e. The monoisotopic (exact) mass is 488 g/mol. The molecular formula is C25H23F3N2O3S. The van der Waals surface area contributed by atoms with Crippen LogP contribution in [0.1, 0.15) is 30.5 Å². The fraction of sp³-hybridized carbons (Fsp3) is 0.200. The maximum absolute atomic E-state index is 12.8. The van der Waals surface area contributed by atoms with E-state index in [4.69, 9.17) is 10.1 Å². The number of nitrogens with one attached hydrogen (secondary N) is 2. The molecule has 3 aromatic carbocycles. The molecule has 0 atom stereocenters. The first-order chi connectivity index (χ1) is 16.0. The van der Waals surface area contributed by atoms with Crippen molar-refractivity contribution >= 4 is 35.3 Å². The highest BCUT2D eigenvalue weighted by Gasteiger charge is 2.30. The summed E-state index contributed by atoms with van der Waals surface area (Å²) in [5, 5.41) is 20.1. The molecule has 3 aromatic rings. The molecule has 0 amide bonds. The van der Waals surface area contributed by atoms with E-state index in [1.807, 2.05) is 0 Å². The number of benzene rings is 3. The molecule has 178 valence electrons. The third kappa shape index (κ3) is 6.32. The molecule has 34 heavy (non-hydrogen) atoms. The van der Waals surface area contributed by atoms with Gasteiger partial charge in [-0.2, -0.15) is 13.2 Å². The van der Waals surface area contributed by atoms with Crippen LogP contribution in [-0.2, 0) is 17.6 Å². The highest BCUT2D eigenvalue weighted by Crippen LogP contribution is 2.34. The Bertz CT molecular complexity index is 1160. The second-order valence-corrected chi connectivity index (χ2v) is 9.60. The number of carbonyl (C=O) groups is 1. The van der Waals surface area contributed by atoms with Gasteiger partial charge in [0.05, 0.1) is 5.56 Å². The van der Waals surface area contributed by atoms with Crippen molar-refractivity contribution in [2.75, 3.05) is 5.32 Å². The van der Waals surface area contributed by atoms with E-state index in [2.05, 4.69) is 5.32 Å². The molecule has 5 nitrogen and oxygen atoms in total. The Hall–Kier alpha value is -3.46. The summed E-state index contributed by atoms with van der Waals surface area (Å²) < 4.78 is 43.2. The fourth-order valence-electron chi connectivity index (χ4n) is 3.02. The average Bonchev–Trinajstić information content (AvgIpc) is 2.78. The predicted octanol–water partition coefficient (Wildman–Crippen LogP) is 6.98. The van der Waals surface area contributed by atoms with Crippen LogP contribution < -0.4 is 10.1 Å². The largest absolute Gasteiger partial charge is 0.489 e. The summed E-state index contributed by atoms with van der Waals surface area (Å²) in [5.41, 5.74) is 1.57. The normalized spacial score (nSPS) is 11.7. The van der Waals surface area contributed by atoms with Gasteiger partial charge in [-0.3, -0.25) is 4.79 Å². The van der Waals surface area contributed by atoms with Gasteiger partial charge in [0.1, 0.15) is 17.1 Å². The molecule has 0 unspecified atom stereocenters. The van der Waals surface area contributed by atoms with Gasteiger partial charge in [-0.15, -0.1) is 11.8 Å². The van der Waals surface area contributed by atoms with Crippen LogP contribution >= 0.6 is 11.8 Å². The van der Waals surface area contributed by atoms with Crippen LogP contribution in [0.4, 0.5) is 24.5 Å². The third-order valence-corrected chi connectivity index (χ3v) is 6.13. The molecular weight excluding hydrogens is 465 g/mol. The van der Waals surface area contributed by atoms with Crippen LogP contribution in [0.15, 0.2) is 71.6 Å². The first-order valence-electron chi connectivity index (χ1n) is 10.2. The fourth-order valence-corrected chi connectivity index (χ4v) is 3.97. The van der Waals surface area contributed by atoms with E-state index in [1.165, 1.54) is 30.1 Å². The number of rotatable bonds is 9. The molecule has 0 bridgehead atoms. The quantitative estimate of drug-likeness (QED) is 0.224. The van der Waals surface area contributed by atoms with Crippen LogP contribution in [0.2, 0.25) is 0 Å². The van der Waals surface area contributed by atoms with Gasteiger partial charge in [0, 0.05) is 33.6 Å². The Morgan fingerprint density at radius 3 is 2.26 bits per heavy atom. The van der Waals surface area contributed by atoms with Crippen LogP contribution in [0.3, 0.4) is 0 Å². The maximum Gasteiger partial charge on any atom is 0.416 e. The summed E-state index contributed by atoms with van der Waals surface area (Å²) in [6.45, 7) is 3.43. The summed E-state index contributed by atoms with van der Waals surface area (Å²) in [7, 11) is 0. The van der Waals surface area contributed by atoms with Gasteiger partial charge in [0.25, 0.3) is 0 Å². The number of thioether (sulfide) groups is 1. The van der Waals surface area contributed by atoms with Gasteiger partial charge in [0.15, 0.2) is 0 Å². The van der Waals surface area contributed by atoms with E-state index in [9.17, 15) is 23.1 Å². The smallest absolute Gasteiger partial charge is 0.416 e. The predicted molar refractivity (Wildman–Crippen MR) is 127 cm³/mol. The van der Waals surface area contributed by atoms with Crippen LogP contribution in [-0.4, -0.2) is 22.0 Å². The van der Waals surface area contributed by atoms with E-state index < -0.39 is 22.5 Å². The van der Waals surface area contributed by atoms with Gasteiger partial charge < -0.3 is 20.6 Å². The highest BCUT2D eigenvalue weighted by atomic mass is 32.2. The molecule has 0 spiro atoms. The van der Waals surface area contributed by atoms with Gasteiger partial charge in [0.2, 0.25) is 0 Å². The van der Waals surface area contributed by atoms with Gasteiger partial charge in [-0.05, 0) is 68.4 Å². The Balaban J connectivity index is 1.70. The Morgan fingerprint density at radius 1 is 1.06 bits per heavy atom. The van der Waals surface area contributed by atoms with Crippen LogP contribution in [0.5, 0.6) is 5.75 Å². The number of hydrogen-bond acceptors (Lipinski definition) is 5. The number of carboxylic acids is 1. The van der Waals surface area contributed by atoms with E-state index in [-0.39, 0.29) is 6.61 Å². The summed E-state index contributed by atoms with van der Waals surface area (Å²) in [6.07, 6.45) is -3.24. The molecule has 0 saturated carbocycles. The van der Waals surface area contributed by atoms with E-state index in [0.717, 1.165) is 22.6 Å². The van der Waals surface area contributed by atoms with Gasteiger partial charge >= 0.3 is 12.1 Å². The van der Waals surface area contributed by atoms with Crippen molar-refractivity contribution in [3.8, 4) is 5.75 Å². The first-order valence-corrected chi connectivity index (χ1v) is 11.0. The SMILES string of the molecule is CC(C)(Sc1ccc(OCc2cccc(Nc3ccc(C(F)(F)F)cc3)c2C=N)cc1)C(=O)O. The van der Waals surface area contributed by atoms with Crippen molar-refractivity contribution in [3.05, 3.63) is 83.4 Å². The molecule has 0 heterocycles. The minimum atomic E-state index is -4.40. The molecule has 0 fully saturated rings. The van der Waals surface area contributed by atoms with Gasteiger partial charge in [-0.25, -0.2) is 0 Å². The zero-order valence-electron chi connectivity index (χ0n) is 18.4. The van der Waals surface area contributed by atoms with E-state index in [0.29, 0.717) is 22.7 Å². The molecule has 0 aliphatic rings. The van der Waals surface area contributed by atoms with Gasteiger partial charge in [-0.1, -0.05) is 12.1 Å². The second kappa shape index (κ2) is 10.2. The minimum absolute atomic E-state index is 0.167. The molecule has 9 heteroatoms. The highest BCUT2D eigenvalue weighted by molar-refractivity contribution is 8.01. The van der Waals surface area contributed by atoms with Crippen molar-refractivity contribution in [2.24, 2.45) is 0 Å². The van der Waals surface area contributed by atoms with Crippen LogP contribution in [0.25, 0.3) is 0 Å². The van der Waals surface area contributed by atoms with Crippen molar-refractivity contribution in [2.45, 2.75) is 36.3 Å². The van der Waals surface area contributed by atoms with Crippen molar-refractivity contribution in [1.29, 1.82) is 5.41 Å². The zero-order chi connectivity index (χ0) is 24.9. The number of alkyl halides is 3. The lowest BCUT2D eigenvalue weighted by atomic mass is 10.1. The number of ether oxygens (including phenoxy) is 1. The van der Waals surface area contributed by atoms with E-state index in [1.54, 1.807) is 56.3 Å². The number of hydrogen-bond donors (Lipinski definition) is 3. The molecule has 0 radical (unpaired) electrons. The first kappa shape index (κ1) is 25.2. The number of aliphatic carboxylic acids is 1. The molecule has 0 aliphatic carbocycles. The zero-order valence-corrected chi connectivity index (χ0v) is 19.3. The Morgan fingerprint density at radius 2 is 1.71 bits per heavy atom. The third-order valence-electron chi connectivity index (χ3n) is 4.94. The van der Waals surface area contributed by atoms with Crippen LogP contribution in [0, 0.1) is 5.41 Å². The molecule has 0 aliphatic heterocycles. The lowest BCUT2D eigenvalue weighted by Gasteiger charge is -2.18. The molecule has 3 N–H and O–H groups in total. The Labute approximate surface area is 199 Å². The number of anilines is 2. The average molecular weight is 489 g/mol. The lowest BCUT2D eigenvalue weighted by Crippen LogP contribution is -2.26. The molecule has 3 rings (SSSR count). The summed E-state index contributed by atoms with van der Waals surface area (Å²) in [4.78, 5) is 12.1. The maximum atomic E-state index is 12.8. The topological polar surface area (TPSA) is 82.4 Å². The lowest BCUT2D eigenvalue weighted by molar-refractivity contribution is -0.139. The summed E-state index contributed by atoms with van der Waals surface area (Å²) in [5.74, 6) is -0.323. The van der Waals surface area contributed by atoms with Crippen molar-refractivity contribution < 1.29 is 27.8 Å². The number of carboxylic acid groups (broad SMARTS) is 1. The van der Waals surface area contributed by atoms with E-state index >= 15 is 0 Å². The number of halogens is 3. The standard InChI is InChI=1S/C25H23F3N2O3S/c1-24(2,23(31)32)34-20-12-10-19(11-13-20)33-15-16-4-3-5-22(21(16)14-29)30-18-8-6-17(7-9-18)25(26,27)28/h3-14,29-30H,15H2,1-2H3,(H,31,32). The Kier molecular flexibility index (Phi) is 7.56. The molecule has 0 saturated heterocycles. The molecule has 0 aromatic heterocycles. The summed E-state index contributed by atoms with van der Waals surface area (Å²) >= 11 is 1.23. The van der Waals surface area contributed by atoms with Crippen molar-refractivity contribution in [1.82, 2.24) is 0 Å².